The quantitative estimate of drug-likeness (QED) is 0.734. The molecule has 16 heavy (non-hydrogen) atoms. The Morgan fingerprint density at radius 1 is 1.31 bits per heavy atom. The van der Waals surface area contributed by atoms with Crippen LogP contribution in [0.1, 0.15) is 39.2 Å². The van der Waals surface area contributed by atoms with Crippen molar-refractivity contribution >= 4 is 5.78 Å². The first-order chi connectivity index (χ1) is 7.61. The molecule has 88 valence electrons. The third-order valence-electron chi connectivity index (χ3n) is 2.37. The fourth-order valence-electron chi connectivity index (χ4n) is 1.70. The van der Waals surface area contributed by atoms with Crippen LogP contribution in [-0.4, -0.2) is 11.9 Å². The van der Waals surface area contributed by atoms with Crippen molar-refractivity contribution in [2.45, 2.75) is 46.1 Å². The number of carbonyl (C=O) groups excluding carboxylic acids is 1. The molecule has 0 bridgehead atoms. The van der Waals surface area contributed by atoms with Gasteiger partial charge in [-0.2, -0.15) is 0 Å². The van der Waals surface area contributed by atoms with Crippen LogP contribution >= 0.6 is 0 Å². The van der Waals surface area contributed by atoms with Gasteiger partial charge >= 0.3 is 0 Å². The number of ether oxygens (including phenoxy) is 1. The second-order valence-electron chi connectivity index (χ2n) is 4.23. The second-order valence-corrected chi connectivity index (χ2v) is 4.23. The highest BCUT2D eigenvalue weighted by atomic mass is 16.5. The number of Topliss-reactive ketones (excluding diaryl/α,β-unsaturated/α-hetero) is 1. The number of ketones is 1. The predicted molar refractivity (Wildman–Crippen MR) is 65.8 cm³/mol. The molecule has 0 amide bonds. The molecule has 1 unspecified atom stereocenters. The van der Waals surface area contributed by atoms with Gasteiger partial charge in [0.2, 0.25) is 0 Å². The van der Waals surface area contributed by atoms with Crippen LogP contribution in [0.2, 0.25) is 0 Å². The van der Waals surface area contributed by atoms with Gasteiger partial charge in [-0.15, -0.1) is 0 Å². The zero-order chi connectivity index (χ0) is 12.0. The lowest BCUT2D eigenvalue weighted by Crippen LogP contribution is -2.15. The van der Waals surface area contributed by atoms with Crippen molar-refractivity contribution < 1.29 is 9.53 Å². The van der Waals surface area contributed by atoms with E-state index in [-0.39, 0.29) is 11.9 Å². The Hall–Kier alpha value is -1.31. The van der Waals surface area contributed by atoms with Gasteiger partial charge < -0.3 is 4.74 Å². The number of hydrogen-bond donors (Lipinski definition) is 0. The minimum Gasteiger partial charge on any atom is -0.490 e. The van der Waals surface area contributed by atoms with Crippen LogP contribution in [0.4, 0.5) is 0 Å². The third-order valence-corrected chi connectivity index (χ3v) is 2.37. The standard InChI is InChI=1S/C14H20O2/c1-4-5-13-6-8-14(9-7-13)16-12(3)10-11(2)15/h6-9,12H,4-5,10H2,1-3H3. The summed E-state index contributed by atoms with van der Waals surface area (Å²) in [5.74, 6) is 1.00. The highest BCUT2D eigenvalue weighted by Gasteiger charge is 2.06. The topological polar surface area (TPSA) is 26.3 Å². The molecule has 0 saturated carbocycles. The summed E-state index contributed by atoms with van der Waals surface area (Å²) < 4.78 is 5.64. The van der Waals surface area contributed by atoms with Crippen molar-refractivity contribution in [2.24, 2.45) is 0 Å². The summed E-state index contributed by atoms with van der Waals surface area (Å²) in [6.45, 7) is 5.67. The molecule has 1 aromatic rings. The van der Waals surface area contributed by atoms with Crippen LogP contribution in [-0.2, 0) is 11.2 Å². The first-order valence-corrected chi connectivity index (χ1v) is 5.87. The molecule has 2 nitrogen and oxygen atoms in total. The molecule has 2 heteroatoms. The summed E-state index contributed by atoms with van der Waals surface area (Å²) in [6.07, 6.45) is 2.68. The summed E-state index contributed by atoms with van der Waals surface area (Å²) in [5, 5.41) is 0. The molecule has 1 atom stereocenters. The first-order valence-electron chi connectivity index (χ1n) is 5.87. The smallest absolute Gasteiger partial charge is 0.133 e. The van der Waals surface area contributed by atoms with E-state index in [9.17, 15) is 4.79 Å². The van der Waals surface area contributed by atoms with Crippen LogP contribution in [0.25, 0.3) is 0 Å². The summed E-state index contributed by atoms with van der Waals surface area (Å²) in [6, 6.07) is 8.11. The van der Waals surface area contributed by atoms with E-state index in [2.05, 4.69) is 19.1 Å². The molecule has 0 heterocycles. The molecule has 1 rings (SSSR count). The lowest BCUT2D eigenvalue weighted by molar-refractivity contribution is -0.118. The number of hydrogen-bond acceptors (Lipinski definition) is 2. The number of aryl methyl sites for hydroxylation is 1. The molecular formula is C14H20O2. The van der Waals surface area contributed by atoms with Crippen LogP contribution in [0, 0.1) is 0 Å². The van der Waals surface area contributed by atoms with E-state index in [0.717, 1.165) is 18.6 Å². The van der Waals surface area contributed by atoms with Gasteiger partial charge in [-0.05, 0) is 38.0 Å². The Bertz CT molecular complexity index is 327. The Morgan fingerprint density at radius 2 is 1.94 bits per heavy atom. The van der Waals surface area contributed by atoms with E-state index in [1.165, 1.54) is 5.56 Å². The predicted octanol–water partition coefficient (Wildman–Crippen LogP) is 3.39. The highest BCUT2D eigenvalue weighted by Crippen LogP contribution is 2.15. The molecule has 0 fully saturated rings. The Balaban J connectivity index is 2.51. The molecule has 0 aromatic heterocycles. The van der Waals surface area contributed by atoms with E-state index in [0.29, 0.717) is 6.42 Å². The molecule has 0 spiro atoms. The van der Waals surface area contributed by atoms with Crippen LogP contribution in [0.3, 0.4) is 0 Å². The van der Waals surface area contributed by atoms with Crippen molar-refractivity contribution in [1.82, 2.24) is 0 Å². The highest BCUT2D eigenvalue weighted by molar-refractivity contribution is 5.75. The number of rotatable bonds is 6. The van der Waals surface area contributed by atoms with Gasteiger partial charge in [0.1, 0.15) is 17.6 Å². The van der Waals surface area contributed by atoms with E-state index in [1.807, 2.05) is 19.1 Å². The van der Waals surface area contributed by atoms with Gasteiger partial charge in [0.05, 0.1) is 0 Å². The van der Waals surface area contributed by atoms with Crippen LogP contribution in [0.15, 0.2) is 24.3 Å². The van der Waals surface area contributed by atoms with Crippen molar-refractivity contribution in [3.8, 4) is 5.75 Å². The fourth-order valence-corrected chi connectivity index (χ4v) is 1.70. The SMILES string of the molecule is CCCc1ccc(OC(C)CC(C)=O)cc1. The van der Waals surface area contributed by atoms with E-state index < -0.39 is 0 Å². The Morgan fingerprint density at radius 3 is 2.44 bits per heavy atom. The Labute approximate surface area is 97.6 Å². The maximum Gasteiger partial charge on any atom is 0.133 e. The molecule has 1 aromatic carbocycles. The van der Waals surface area contributed by atoms with Gasteiger partial charge in [-0.1, -0.05) is 25.5 Å². The van der Waals surface area contributed by atoms with Crippen molar-refractivity contribution in [2.75, 3.05) is 0 Å². The molecule has 0 N–H and O–H groups in total. The third kappa shape index (κ3) is 4.47. The van der Waals surface area contributed by atoms with E-state index in [1.54, 1.807) is 6.92 Å². The fraction of sp³-hybridized carbons (Fsp3) is 0.500. The van der Waals surface area contributed by atoms with Crippen molar-refractivity contribution in [3.05, 3.63) is 29.8 Å². The van der Waals surface area contributed by atoms with Gasteiger partial charge in [-0.3, -0.25) is 4.79 Å². The summed E-state index contributed by atoms with van der Waals surface area (Å²) >= 11 is 0. The average Bonchev–Trinajstić information content (AvgIpc) is 2.20. The zero-order valence-corrected chi connectivity index (χ0v) is 10.3. The minimum atomic E-state index is -0.0467. The second kappa shape index (κ2) is 6.31. The van der Waals surface area contributed by atoms with Gasteiger partial charge in [0, 0.05) is 6.42 Å². The van der Waals surface area contributed by atoms with Crippen molar-refractivity contribution in [3.63, 3.8) is 0 Å². The average molecular weight is 220 g/mol. The lowest BCUT2D eigenvalue weighted by atomic mass is 10.1. The molecular weight excluding hydrogens is 200 g/mol. The van der Waals surface area contributed by atoms with Crippen LogP contribution < -0.4 is 4.74 Å². The minimum absolute atomic E-state index is 0.0467. The van der Waals surface area contributed by atoms with Crippen molar-refractivity contribution in [1.29, 1.82) is 0 Å². The van der Waals surface area contributed by atoms with E-state index >= 15 is 0 Å². The van der Waals surface area contributed by atoms with Gasteiger partial charge in [-0.25, -0.2) is 0 Å². The summed E-state index contributed by atoms with van der Waals surface area (Å²) in [5.41, 5.74) is 1.33. The molecule has 0 saturated heterocycles. The normalized spacial score (nSPS) is 12.2. The maximum atomic E-state index is 10.9. The molecule has 0 radical (unpaired) electrons. The molecule has 0 aliphatic heterocycles. The Kier molecular flexibility index (Phi) is 5.03. The molecule has 0 aliphatic carbocycles. The number of benzene rings is 1. The van der Waals surface area contributed by atoms with Gasteiger partial charge in [0.25, 0.3) is 0 Å². The van der Waals surface area contributed by atoms with Crippen LogP contribution in [0.5, 0.6) is 5.75 Å². The summed E-state index contributed by atoms with van der Waals surface area (Å²) in [7, 11) is 0. The lowest BCUT2D eigenvalue weighted by Gasteiger charge is -2.13. The first kappa shape index (κ1) is 12.8. The maximum absolute atomic E-state index is 10.9. The molecule has 0 aliphatic rings. The zero-order valence-electron chi connectivity index (χ0n) is 10.3. The largest absolute Gasteiger partial charge is 0.490 e. The number of carbonyl (C=O) groups is 1. The van der Waals surface area contributed by atoms with E-state index in [4.69, 9.17) is 4.74 Å². The summed E-state index contributed by atoms with van der Waals surface area (Å²) in [4.78, 5) is 10.9. The van der Waals surface area contributed by atoms with Gasteiger partial charge in [0.15, 0.2) is 0 Å². The monoisotopic (exact) mass is 220 g/mol.